The first-order valence-electron chi connectivity index (χ1n) is 4.93. The van der Waals surface area contributed by atoms with E-state index in [4.69, 9.17) is 5.73 Å². The molecule has 0 aliphatic rings. The maximum atomic E-state index is 11.4. The van der Waals surface area contributed by atoms with Crippen LogP contribution in [0, 0.1) is 5.41 Å². The minimum atomic E-state index is -0.413. The van der Waals surface area contributed by atoms with Gasteiger partial charge in [-0.3, -0.25) is 4.79 Å². The molecule has 0 bridgehead atoms. The zero-order valence-corrected chi connectivity index (χ0v) is 9.18. The second-order valence-electron chi connectivity index (χ2n) is 4.49. The second-order valence-corrected chi connectivity index (χ2v) is 4.49. The van der Waals surface area contributed by atoms with Gasteiger partial charge in [-0.15, -0.1) is 0 Å². The van der Waals surface area contributed by atoms with E-state index >= 15 is 0 Å². The van der Waals surface area contributed by atoms with Crippen molar-refractivity contribution in [2.24, 2.45) is 11.1 Å². The van der Waals surface area contributed by atoms with Gasteiger partial charge < -0.3 is 11.1 Å². The fourth-order valence-corrected chi connectivity index (χ4v) is 0.892. The van der Waals surface area contributed by atoms with Crippen LogP contribution < -0.4 is 11.1 Å². The number of carbonyl (C=O) groups excluding carboxylic acids is 1. The molecule has 3 heteroatoms. The highest BCUT2D eigenvalue weighted by atomic mass is 16.2. The molecular formula is C10H22N2O. The Morgan fingerprint density at radius 1 is 1.46 bits per heavy atom. The van der Waals surface area contributed by atoms with Gasteiger partial charge in [0.2, 0.25) is 5.91 Å². The Morgan fingerprint density at radius 2 is 2.00 bits per heavy atom. The maximum absolute atomic E-state index is 11.4. The number of amides is 1. The van der Waals surface area contributed by atoms with Crippen molar-refractivity contribution >= 4 is 5.91 Å². The normalized spacial score (nSPS) is 13.9. The Labute approximate surface area is 81.1 Å². The molecule has 0 fully saturated rings. The van der Waals surface area contributed by atoms with Gasteiger partial charge in [-0.1, -0.05) is 34.1 Å². The molecule has 0 saturated heterocycles. The van der Waals surface area contributed by atoms with Crippen LogP contribution in [0.2, 0.25) is 0 Å². The van der Waals surface area contributed by atoms with Crippen molar-refractivity contribution in [2.45, 2.75) is 46.6 Å². The lowest BCUT2D eigenvalue weighted by Crippen LogP contribution is -2.48. The summed E-state index contributed by atoms with van der Waals surface area (Å²) in [5.74, 6) is -0.0408. The van der Waals surface area contributed by atoms with Gasteiger partial charge in [0.15, 0.2) is 0 Å². The van der Waals surface area contributed by atoms with E-state index in [1.165, 1.54) is 0 Å². The number of nitrogens with one attached hydrogen (secondary N) is 1. The average Bonchev–Trinajstić information content (AvgIpc) is 2.01. The predicted octanol–water partition coefficient (Wildman–Crippen LogP) is 1.28. The molecule has 3 nitrogen and oxygen atoms in total. The molecule has 0 rings (SSSR count). The summed E-state index contributed by atoms with van der Waals surface area (Å²) < 4.78 is 0. The first-order chi connectivity index (χ1) is 5.89. The average molecular weight is 186 g/mol. The van der Waals surface area contributed by atoms with E-state index in [9.17, 15) is 4.79 Å². The summed E-state index contributed by atoms with van der Waals surface area (Å²) in [5.41, 5.74) is 5.61. The third kappa shape index (κ3) is 4.88. The third-order valence-electron chi connectivity index (χ3n) is 2.05. The van der Waals surface area contributed by atoms with Crippen LogP contribution in [0.25, 0.3) is 0 Å². The summed E-state index contributed by atoms with van der Waals surface area (Å²) in [5, 5.41) is 2.83. The molecule has 0 aromatic heterocycles. The maximum Gasteiger partial charge on any atom is 0.237 e. The summed E-state index contributed by atoms with van der Waals surface area (Å²) in [4.78, 5) is 11.4. The minimum Gasteiger partial charge on any atom is -0.355 e. The molecule has 0 spiro atoms. The van der Waals surface area contributed by atoms with E-state index in [1.54, 1.807) is 0 Å². The molecule has 0 heterocycles. The number of unbranched alkanes of at least 4 members (excludes halogenated alkanes) is 1. The number of rotatable bonds is 4. The van der Waals surface area contributed by atoms with Crippen molar-refractivity contribution in [1.29, 1.82) is 0 Å². The lowest BCUT2D eigenvalue weighted by atomic mass is 9.87. The van der Waals surface area contributed by atoms with Gasteiger partial charge in [-0.25, -0.2) is 0 Å². The Hall–Kier alpha value is -0.570. The second kappa shape index (κ2) is 5.22. The summed E-state index contributed by atoms with van der Waals surface area (Å²) in [6, 6.07) is -0.413. The smallest absolute Gasteiger partial charge is 0.237 e. The van der Waals surface area contributed by atoms with Crippen molar-refractivity contribution in [3.8, 4) is 0 Å². The molecule has 1 amide bonds. The Morgan fingerprint density at radius 3 is 2.38 bits per heavy atom. The fraction of sp³-hybridized carbons (Fsp3) is 0.900. The van der Waals surface area contributed by atoms with Crippen LogP contribution in [0.1, 0.15) is 40.5 Å². The van der Waals surface area contributed by atoms with Crippen LogP contribution in [0.3, 0.4) is 0 Å². The highest BCUT2D eigenvalue weighted by molar-refractivity contribution is 5.82. The van der Waals surface area contributed by atoms with Crippen molar-refractivity contribution in [1.82, 2.24) is 5.32 Å². The van der Waals surface area contributed by atoms with Crippen molar-refractivity contribution < 1.29 is 4.79 Å². The van der Waals surface area contributed by atoms with E-state index < -0.39 is 6.04 Å². The summed E-state index contributed by atoms with van der Waals surface area (Å²) in [6.45, 7) is 8.74. The molecule has 0 aliphatic carbocycles. The lowest BCUT2D eigenvalue weighted by Gasteiger charge is -2.25. The molecule has 78 valence electrons. The van der Waals surface area contributed by atoms with Gasteiger partial charge >= 0.3 is 0 Å². The monoisotopic (exact) mass is 186 g/mol. The molecule has 0 aromatic carbocycles. The Balaban J connectivity index is 3.84. The van der Waals surface area contributed by atoms with Crippen LogP contribution in [0.5, 0.6) is 0 Å². The van der Waals surface area contributed by atoms with E-state index in [0.29, 0.717) is 0 Å². The topological polar surface area (TPSA) is 55.1 Å². The number of hydrogen-bond donors (Lipinski definition) is 2. The first kappa shape index (κ1) is 12.4. The minimum absolute atomic E-state index is 0.0408. The molecule has 0 aromatic rings. The zero-order valence-electron chi connectivity index (χ0n) is 9.18. The van der Waals surface area contributed by atoms with Crippen LogP contribution in [0.4, 0.5) is 0 Å². The number of nitrogens with two attached hydrogens (primary N) is 1. The predicted molar refractivity (Wildman–Crippen MR) is 55.3 cm³/mol. The molecule has 0 saturated carbocycles. The van der Waals surface area contributed by atoms with E-state index in [2.05, 4.69) is 12.2 Å². The lowest BCUT2D eigenvalue weighted by molar-refractivity contribution is -0.124. The Kier molecular flexibility index (Phi) is 4.99. The SMILES string of the molecule is CCCCNC(=O)C(N)C(C)(C)C. The van der Waals surface area contributed by atoms with Crippen molar-refractivity contribution in [3.05, 3.63) is 0 Å². The van der Waals surface area contributed by atoms with Gasteiger partial charge in [0.25, 0.3) is 0 Å². The highest BCUT2D eigenvalue weighted by Crippen LogP contribution is 2.16. The fourth-order valence-electron chi connectivity index (χ4n) is 0.892. The Bertz CT molecular complexity index is 161. The van der Waals surface area contributed by atoms with Crippen LogP contribution in [-0.2, 0) is 4.79 Å². The first-order valence-corrected chi connectivity index (χ1v) is 4.93. The standard InChI is InChI=1S/C10H22N2O/c1-5-6-7-12-9(13)8(11)10(2,3)4/h8H,5-7,11H2,1-4H3,(H,12,13). The van der Waals surface area contributed by atoms with Gasteiger partial charge in [0.1, 0.15) is 0 Å². The zero-order chi connectivity index (χ0) is 10.5. The van der Waals surface area contributed by atoms with Gasteiger partial charge in [0.05, 0.1) is 6.04 Å². The molecule has 0 aliphatic heterocycles. The molecule has 1 atom stereocenters. The van der Waals surface area contributed by atoms with Crippen LogP contribution >= 0.6 is 0 Å². The number of hydrogen-bond acceptors (Lipinski definition) is 2. The van der Waals surface area contributed by atoms with E-state index in [0.717, 1.165) is 19.4 Å². The summed E-state index contributed by atoms with van der Waals surface area (Å²) in [6.07, 6.45) is 2.10. The van der Waals surface area contributed by atoms with Gasteiger partial charge in [-0.2, -0.15) is 0 Å². The summed E-state index contributed by atoms with van der Waals surface area (Å²) in [7, 11) is 0. The molecule has 0 radical (unpaired) electrons. The molecule has 3 N–H and O–H groups in total. The van der Waals surface area contributed by atoms with Gasteiger partial charge in [0, 0.05) is 6.54 Å². The molecular weight excluding hydrogens is 164 g/mol. The van der Waals surface area contributed by atoms with E-state index in [-0.39, 0.29) is 11.3 Å². The summed E-state index contributed by atoms with van der Waals surface area (Å²) >= 11 is 0. The van der Waals surface area contributed by atoms with Crippen LogP contribution in [0.15, 0.2) is 0 Å². The van der Waals surface area contributed by atoms with Crippen LogP contribution in [-0.4, -0.2) is 18.5 Å². The van der Waals surface area contributed by atoms with Gasteiger partial charge in [-0.05, 0) is 11.8 Å². The van der Waals surface area contributed by atoms with Crippen molar-refractivity contribution in [3.63, 3.8) is 0 Å². The molecule has 1 unspecified atom stereocenters. The van der Waals surface area contributed by atoms with E-state index in [1.807, 2.05) is 20.8 Å². The third-order valence-corrected chi connectivity index (χ3v) is 2.05. The highest BCUT2D eigenvalue weighted by Gasteiger charge is 2.26. The molecule has 13 heavy (non-hydrogen) atoms. The van der Waals surface area contributed by atoms with Crippen molar-refractivity contribution in [2.75, 3.05) is 6.54 Å². The quantitative estimate of drug-likeness (QED) is 0.650. The number of carbonyl (C=O) groups is 1. The largest absolute Gasteiger partial charge is 0.355 e.